The number of aromatic nitrogens is 2. The number of amides is 1. The number of hydrogen-bond acceptors (Lipinski definition) is 3. The third-order valence-electron chi connectivity index (χ3n) is 2.89. The van der Waals surface area contributed by atoms with Crippen molar-refractivity contribution >= 4 is 5.91 Å². The Balaban J connectivity index is 1.66. The lowest BCUT2D eigenvalue weighted by Crippen LogP contribution is -2.16. The minimum absolute atomic E-state index is 0.391. The van der Waals surface area contributed by atoms with Crippen molar-refractivity contribution in [2.24, 2.45) is 5.73 Å². The zero-order valence-corrected chi connectivity index (χ0v) is 10.7. The third kappa shape index (κ3) is 4.22. The molecule has 2 rings (SSSR count). The number of hydrogen-bond donors (Lipinski definition) is 3. The number of H-pyrrole nitrogens is 1. The molecule has 100 valence electrons. The molecular weight excluding hydrogens is 240 g/mol. The van der Waals surface area contributed by atoms with E-state index in [0.717, 1.165) is 37.3 Å². The molecule has 1 aromatic heterocycles. The van der Waals surface area contributed by atoms with Gasteiger partial charge in [0.15, 0.2) is 0 Å². The lowest BCUT2D eigenvalue weighted by atomic mass is 10.1. The molecule has 1 amide bonds. The van der Waals surface area contributed by atoms with Crippen LogP contribution in [-0.2, 0) is 13.0 Å². The molecule has 0 saturated carbocycles. The molecule has 0 radical (unpaired) electrons. The smallest absolute Gasteiger partial charge is 0.248 e. The van der Waals surface area contributed by atoms with Crippen molar-refractivity contribution in [1.29, 1.82) is 0 Å². The Morgan fingerprint density at radius 3 is 2.74 bits per heavy atom. The molecule has 2 aromatic rings. The van der Waals surface area contributed by atoms with Crippen molar-refractivity contribution in [3.63, 3.8) is 0 Å². The van der Waals surface area contributed by atoms with Gasteiger partial charge in [0, 0.05) is 30.9 Å². The predicted molar refractivity (Wildman–Crippen MR) is 73.6 cm³/mol. The first-order chi connectivity index (χ1) is 9.25. The molecule has 19 heavy (non-hydrogen) atoms. The molecule has 0 aliphatic heterocycles. The van der Waals surface area contributed by atoms with Crippen LogP contribution in [0.3, 0.4) is 0 Å². The second-order valence-electron chi connectivity index (χ2n) is 4.38. The van der Waals surface area contributed by atoms with E-state index in [1.807, 2.05) is 18.3 Å². The van der Waals surface area contributed by atoms with E-state index in [1.54, 1.807) is 18.3 Å². The maximum absolute atomic E-state index is 10.9. The summed E-state index contributed by atoms with van der Waals surface area (Å²) >= 11 is 0. The van der Waals surface area contributed by atoms with Gasteiger partial charge in [-0.1, -0.05) is 12.1 Å². The van der Waals surface area contributed by atoms with Gasteiger partial charge in [-0.15, -0.1) is 0 Å². The summed E-state index contributed by atoms with van der Waals surface area (Å²) in [6, 6.07) is 7.34. The number of rotatable bonds is 7. The van der Waals surface area contributed by atoms with Crippen LogP contribution in [0.4, 0.5) is 0 Å². The minimum atomic E-state index is -0.391. The average Bonchev–Trinajstić information content (AvgIpc) is 2.92. The molecule has 1 aromatic carbocycles. The van der Waals surface area contributed by atoms with Crippen molar-refractivity contribution in [3.8, 4) is 0 Å². The number of primary amides is 1. The van der Waals surface area contributed by atoms with Crippen molar-refractivity contribution in [2.45, 2.75) is 19.4 Å². The number of benzene rings is 1. The fourth-order valence-corrected chi connectivity index (χ4v) is 1.84. The summed E-state index contributed by atoms with van der Waals surface area (Å²) in [5.41, 5.74) is 6.87. The molecule has 5 nitrogen and oxygen atoms in total. The van der Waals surface area contributed by atoms with E-state index in [-0.39, 0.29) is 0 Å². The Labute approximate surface area is 112 Å². The van der Waals surface area contributed by atoms with Gasteiger partial charge in [-0.25, -0.2) is 4.98 Å². The molecular formula is C14H18N4O. The van der Waals surface area contributed by atoms with Gasteiger partial charge in [0.05, 0.1) is 0 Å². The highest BCUT2D eigenvalue weighted by atomic mass is 16.1. The van der Waals surface area contributed by atoms with Gasteiger partial charge in [0.1, 0.15) is 5.82 Å². The van der Waals surface area contributed by atoms with Gasteiger partial charge in [-0.05, 0) is 30.7 Å². The van der Waals surface area contributed by atoms with Gasteiger partial charge >= 0.3 is 0 Å². The fourth-order valence-electron chi connectivity index (χ4n) is 1.84. The Bertz CT molecular complexity index is 505. The van der Waals surface area contributed by atoms with E-state index in [0.29, 0.717) is 5.56 Å². The zero-order valence-electron chi connectivity index (χ0n) is 10.7. The molecule has 0 saturated heterocycles. The molecule has 0 atom stereocenters. The quantitative estimate of drug-likeness (QED) is 0.653. The maximum atomic E-state index is 10.9. The standard InChI is InChI=1S/C14H18N4O/c15-14(19)12-5-3-11(4-6-12)10-16-7-1-2-13-17-8-9-18-13/h3-6,8-9,16H,1-2,7,10H2,(H2,15,19)(H,17,18). The Morgan fingerprint density at radius 2 is 2.11 bits per heavy atom. The SMILES string of the molecule is NC(=O)c1ccc(CNCCCc2ncc[nH]2)cc1. The van der Waals surface area contributed by atoms with Crippen LogP contribution in [0.15, 0.2) is 36.7 Å². The molecule has 0 fully saturated rings. The average molecular weight is 258 g/mol. The first-order valence-corrected chi connectivity index (χ1v) is 6.33. The van der Waals surface area contributed by atoms with E-state index in [1.165, 1.54) is 0 Å². The predicted octanol–water partition coefficient (Wildman–Crippen LogP) is 1.23. The van der Waals surface area contributed by atoms with Crippen LogP contribution in [0, 0.1) is 0 Å². The lowest BCUT2D eigenvalue weighted by Gasteiger charge is -2.05. The van der Waals surface area contributed by atoms with E-state index >= 15 is 0 Å². The van der Waals surface area contributed by atoms with Crippen LogP contribution in [0.25, 0.3) is 0 Å². The molecule has 0 aliphatic carbocycles. The molecule has 0 bridgehead atoms. The van der Waals surface area contributed by atoms with Crippen LogP contribution in [0.2, 0.25) is 0 Å². The van der Waals surface area contributed by atoms with Crippen molar-refractivity contribution < 1.29 is 4.79 Å². The van der Waals surface area contributed by atoms with Gasteiger partial charge < -0.3 is 16.0 Å². The molecule has 1 heterocycles. The highest BCUT2D eigenvalue weighted by Crippen LogP contribution is 2.03. The monoisotopic (exact) mass is 258 g/mol. The maximum Gasteiger partial charge on any atom is 0.248 e. The Hall–Kier alpha value is -2.14. The van der Waals surface area contributed by atoms with Gasteiger partial charge in [0.25, 0.3) is 0 Å². The summed E-state index contributed by atoms with van der Waals surface area (Å²) in [5, 5.41) is 3.35. The van der Waals surface area contributed by atoms with Gasteiger partial charge in [-0.3, -0.25) is 4.79 Å². The first kappa shape index (κ1) is 13.3. The number of nitrogens with zero attached hydrogens (tertiary/aromatic N) is 1. The third-order valence-corrected chi connectivity index (χ3v) is 2.89. The fraction of sp³-hybridized carbons (Fsp3) is 0.286. The number of imidazole rings is 1. The second-order valence-corrected chi connectivity index (χ2v) is 4.38. The second kappa shape index (κ2) is 6.70. The highest BCUT2D eigenvalue weighted by molar-refractivity contribution is 5.92. The lowest BCUT2D eigenvalue weighted by molar-refractivity contribution is 0.100. The highest BCUT2D eigenvalue weighted by Gasteiger charge is 1.99. The number of nitrogens with two attached hydrogens (primary N) is 1. The van der Waals surface area contributed by atoms with Crippen molar-refractivity contribution in [1.82, 2.24) is 15.3 Å². The van der Waals surface area contributed by atoms with Crippen LogP contribution >= 0.6 is 0 Å². The van der Waals surface area contributed by atoms with Crippen LogP contribution in [0.5, 0.6) is 0 Å². The van der Waals surface area contributed by atoms with Gasteiger partial charge in [-0.2, -0.15) is 0 Å². The van der Waals surface area contributed by atoms with Crippen molar-refractivity contribution in [2.75, 3.05) is 6.54 Å². The topological polar surface area (TPSA) is 83.8 Å². The molecule has 0 aliphatic rings. The molecule has 0 spiro atoms. The summed E-state index contributed by atoms with van der Waals surface area (Å²) in [4.78, 5) is 18.2. The largest absolute Gasteiger partial charge is 0.366 e. The van der Waals surface area contributed by atoms with E-state index < -0.39 is 5.91 Å². The number of carbonyl (C=O) groups excluding carboxylic acids is 1. The van der Waals surface area contributed by atoms with Crippen LogP contribution < -0.4 is 11.1 Å². The Kier molecular flexibility index (Phi) is 4.69. The summed E-state index contributed by atoms with van der Waals surface area (Å²) in [6.07, 6.45) is 5.58. The molecule has 4 N–H and O–H groups in total. The summed E-state index contributed by atoms with van der Waals surface area (Å²) in [5.74, 6) is 0.630. The summed E-state index contributed by atoms with van der Waals surface area (Å²) < 4.78 is 0. The van der Waals surface area contributed by atoms with E-state index in [9.17, 15) is 4.79 Å². The van der Waals surface area contributed by atoms with E-state index in [2.05, 4.69) is 15.3 Å². The molecule has 5 heteroatoms. The number of aromatic amines is 1. The summed E-state index contributed by atoms with van der Waals surface area (Å²) in [6.45, 7) is 1.72. The number of nitrogens with one attached hydrogen (secondary N) is 2. The minimum Gasteiger partial charge on any atom is -0.366 e. The van der Waals surface area contributed by atoms with Crippen LogP contribution in [-0.4, -0.2) is 22.4 Å². The summed E-state index contributed by atoms with van der Waals surface area (Å²) in [7, 11) is 0. The van der Waals surface area contributed by atoms with Crippen LogP contribution in [0.1, 0.15) is 28.2 Å². The number of aryl methyl sites for hydroxylation is 1. The molecule has 0 unspecified atom stereocenters. The number of carbonyl (C=O) groups is 1. The Morgan fingerprint density at radius 1 is 1.32 bits per heavy atom. The van der Waals surface area contributed by atoms with Gasteiger partial charge in [0.2, 0.25) is 5.91 Å². The first-order valence-electron chi connectivity index (χ1n) is 6.33. The normalized spacial score (nSPS) is 10.5. The van der Waals surface area contributed by atoms with Crippen molar-refractivity contribution in [3.05, 3.63) is 53.6 Å². The van der Waals surface area contributed by atoms with E-state index in [4.69, 9.17) is 5.73 Å². The zero-order chi connectivity index (χ0) is 13.5.